The summed E-state index contributed by atoms with van der Waals surface area (Å²) in [6.07, 6.45) is 1.67. The van der Waals surface area contributed by atoms with Crippen molar-refractivity contribution < 1.29 is 9.84 Å². The van der Waals surface area contributed by atoms with E-state index in [-0.39, 0.29) is 6.04 Å². The van der Waals surface area contributed by atoms with Crippen LogP contribution in [-0.4, -0.2) is 28.8 Å². The molecule has 15 heavy (non-hydrogen) atoms. The number of aromatic nitrogens is 1. The highest BCUT2D eigenvalue weighted by molar-refractivity contribution is 5.52. The summed E-state index contributed by atoms with van der Waals surface area (Å²) in [4.78, 5) is 4.07. The zero-order chi connectivity index (χ0) is 11.5. The highest BCUT2D eigenvalue weighted by Crippen LogP contribution is 2.23. The Labute approximate surface area is 90.3 Å². The number of pyridine rings is 1. The summed E-state index contributed by atoms with van der Waals surface area (Å²) in [6, 6.07) is 3.60. The number of anilines is 1. The van der Waals surface area contributed by atoms with Crippen LogP contribution in [-0.2, 0) is 0 Å². The number of nitrogens with one attached hydrogen (secondary N) is 1. The first-order valence-corrected chi connectivity index (χ1v) is 4.93. The third-order valence-corrected chi connectivity index (χ3v) is 2.40. The fraction of sp³-hybridized carbons (Fsp3) is 0.545. The van der Waals surface area contributed by atoms with Crippen molar-refractivity contribution in [3.05, 3.63) is 18.3 Å². The second-order valence-electron chi connectivity index (χ2n) is 4.08. The average molecular weight is 210 g/mol. The van der Waals surface area contributed by atoms with Crippen LogP contribution in [0, 0.1) is 0 Å². The molecule has 0 bridgehead atoms. The molecule has 0 saturated heterocycles. The van der Waals surface area contributed by atoms with E-state index in [2.05, 4.69) is 10.3 Å². The molecule has 1 rings (SSSR count). The van der Waals surface area contributed by atoms with Gasteiger partial charge in [0.15, 0.2) is 0 Å². The number of ether oxygens (including phenoxy) is 1. The van der Waals surface area contributed by atoms with Crippen molar-refractivity contribution in [1.29, 1.82) is 0 Å². The van der Waals surface area contributed by atoms with Crippen LogP contribution in [0.2, 0.25) is 0 Å². The molecular weight excluding hydrogens is 192 g/mol. The fourth-order valence-electron chi connectivity index (χ4n) is 1.07. The van der Waals surface area contributed by atoms with Crippen LogP contribution in [0.15, 0.2) is 18.3 Å². The van der Waals surface area contributed by atoms with Crippen molar-refractivity contribution in [2.24, 2.45) is 0 Å². The maximum Gasteiger partial charge on any atom is 0.237 e. The molecule has 1 atom stereocenters. The van der Waals surface area contributed by atoms with E-state index in [1.807, 2.05) is 19.1 Å². The Morgan fingerprint density at radius 3 is 2.73 bits per heavy atom. The first-order chi connectivity index (χ1) is 6.95. The summed E-state index contributed by atoms with van der Waals surface area (Å²) in [6.45, 7) is 5.42. The molecule has 0 aromatic carbocycles. The standard InChI is InChI=1S/C11H18N2O2/c1-8(11(2,3)14)13-9-6-5-7-12-10(9)15-4/h5-8,13-14H,1-4H3. The molecule has 1 aromatic rings. The van der Waals surface area contributed by atoms with Crippen LogP contribution in [0.4, 0.5) is 5.69 Å². The Balaban J connectivity index is 2.80. The van der Waals surface area contributed by atoms with Crippen LogP contribution in [0.25, 0.3) is 0 Å². The summed E-state index contributed by atoms with van der Waals surface area (Å²) in [5, 5.41) is 13.0. The van der Waals surface area contributed by atoms with Crippen molar-refractivity contribution >= 4 is 5.69 Å². The van der Waals surface area contributed by atoms with E-state index in [4.69, 9.17) is 4.74 Å². The van der Waals surface area contributed by atoms with E-state index < -0.39 is 5.60 Å². The van der Waals surface area contributed by atoms with Gasteiger partial charge in [0.25, 0.3) is 0 Å². The lowest BCUT2D eigenvalue weighted by Gasteiger charge is -2.27. The number of hydrogen-bond acceptors (Lipinski definition) is 4. The van der Waals surface area contributed by atoms with Crippen molar-refractivity contribution in [1.82, 2.24) is 4.98 Å². The summed E-state index contributed by atoms with van der Waals surface area (Å²) in [5.41, 5.74) is -0.00413. The molecule has 0 aliphatic carbocycles. The molecule has 1 heterocycles. The molecule has 0 aliphatic heterocycles. The van der Waals surface area contributed by atoms with Crippen LogP contribution in [0.3, 0.4) is 0 Å². The minimum atomic E-state index is -0.791. The number of rotatable bonds is 4. The van der Waals surface area contributed by atoms with Gasteiger partial charge in [0.1, 0.15) is 0 Å². The lowest BCUT2D eigenvalue weighted by Crippen LogP contribution is -2.39. The monoisotopic (exact) mass is 210 g/mol. The molecule has 1 aromatic heterocycles. The topological polar surface area (TPSA) is 54.4 Å². The zero-order valence-electron chi connectivity index (χ0n) is 9.61. The van der Waals surface area contributed by atoms with Gasteiger partial charge in [-0.3, -0.25) is 0 Å². The fourth-order valence-corrected chi connectivity index (χ4v) is 1.07. The molecule has 0 amide bonds. The average Bonchev–Trinajstić information content (AvgIpc) is 2.17. The first kappa shape index (κ1) is 11.8. The Morgan fingerprint density at radius 1 is 1.53 bits per heavy atom. The minimum absolute atomic E-state index is 0.0874. The third kappa shape index (κ3) is 3.09. The number of hydrogen-bond donors (Lipinski definition) is 2. The molecule has 0 spiro atoms. The smallest absolute Gasteiger partial charge is 0.237 e. The van der Waals surface area contributed by atoms with Crippen LogP contribution in [0.5, 0.6) is 5.88 Å². The van der Waals surface area contributed by atoms with Gasteiger partial charge in [0.05, 0.1) is 24.4 Å². The van der Waals surface area contributed by atoms with Crippen molar-refractivity contribution in [2.75, 3.05) is 12.4 Å². The highest BCUT2D eigenvalue weighted by Gasteiger charge is 2.22. The number of nitrogens with zero attached hydrogens (tertiary/aromatic N) is 1. The van der Waals surface area contributed by atoms with E-state index in [1.54, 1.807) is 27.2 Å². The van der Waals surface area contributed by atoms with Crippen molar-refractivity contribution in [3.63, 3.8) is 0 Å². The summed E-state index contributed by atoms with van der Waals surface area (Å²) in [7, 11) is 1.57. The van der Waals surface area contributed by atoms with E-state index >= 15 is 0 Å². The number of methoxy groups -OCH3 is 1. The lowest BCUT2D eigenvalue weighted by atomic mass is 10.0. The van der Waals surface area contributed by atoms with Crippen LogP contribution in [0.1, 0.15) is 20.8 Å². The van der Waals surface area contributed by atoms with E-state index in [9.17, 15) is 5.11 Å². The molecule has 2 N–H and O–H groups in total. The second-order valence-corrected chi connectivity index (χ2v) is 4.08. The van der Waals surface area contributed by atoms with Gasteiger partial charge in [-0.1, -0.05) is 0 Å². The predicted octanol–water partition coefficient (Wildman–Crippen LogP) is 1.66. The van der Waals surface area contributed by atoms with E-state index in [0.717, 1.165) is 5.69 Å². The molecule has 4 heteroatoms. The Morgan fingerprint density at radius 2 is 2.20 bits per heavy atom. The summed E-state index contributed by atoms with van der Waals surface area (Å²) >= 11 is 0. The van der Waals surface area contributed by atoms with Crippen LogP contribution >= 0.6 is 0 Å². The molecular formula is C11H18N2O2. The minimum Gasteiger partial charge on any atom is -0.480 e. The second kappa shape index (κ2) is 4.49. The Hall–Kier alpha value is -1.29. The summed E-state index contributed by atoms with van der Waals surface area (Å²) < 4.78 is 5.10. The van der Waals surface area contributed by atoms with Gasteiger partial charge in [0.2, 0.25) is 5.88 Å². The van der Waals surface area contributed by atoms with Gasteiger partial charge in [-0.2, -0.15) is 0 Å². The molecule has 0 fully saturated rings. The van der Waals surface area contributed by atoms with Crippen molar-refractivity contribution in [3.8, 4) is 5.88 Å². The molecule has 0 saturated carbocycles. The van der Waals surface area contributed by atoms with Gasteiger partial charge in [-0.25, -0.2) is 4.98 Å². The Bertz CT molecular complexity index is 321. The van der Waals surface area contributed by atoms with E-state index in [1.165, 1.54) is 0 Å². The van der Waals surface area contributed by atoms with Crippen LogP contribution < -0.4 is 10.1 Å². The Kier molecular flexibility index (Phi) is 3.52. The first-order valence-electron chi connectivity index (χ1n) is 4.93. The zero-order valence-corrected chi connectivity index (χ0v) is 9.61. The quantitative estimate of drug-likeness (QED) is 0.793. The molecule has 0 radical (unpaired) electrons. The van der Waals surface area contributed by atoms with Crippen molar-refractivity contribution in [2.45, 2.75) is 32.4 Å². The van der Waals surface area contributed by atoms with Gasteiger partial charge in [-0.15, -0.1) is 0 Å². The molecule has 0 aliphatic rings. The maximum absolute atomic E-state index is 9.79. The highest BCUT2D eigenvalue weighted by atomic mass is 16.5. The normalized spacial score (nSPS) is 13.4. The summed E-state index contributed by atoms with van der Waals surface area (Å²) in [5.74, 6) is 0.536. The number of aliphatic hydroxyl groups is 1. The molecule has 84 valence electrons. The SMILES string of the molecule is COc1ncccc1NC(C)C(C)(C)O. The third-order valence-electron chi connectivity index (χ3n) is 2.40. The van der Waals surface area contributed by atoms with Gasteiger partial charge in [-0.05, 0) is 32.9 Å². The van der Waals surface area contributed by atoms with E-state index in [0.29, 0.717) is 5.88 Å². The maximum atomic E-state index is 9.79. The van der Waals surface area contributed by atoms with Gasteiger partial charge < -0.3 is 15.2 Å². The lowest BCUT2D eigenvalue weighted by molar-refractivity contribution is 0.0648. The molecule has 1 unspecified atom stereocenters. The van der Waals surface area contributed by atoms with Gasteiger partial charge >= 0.3 is 0 Å². The largest absolute Gasteiger partial charge is 0.480 e. The van der Waals surface area contributed by atoms with Gasteiger partial charge in [0, 0.05) is 6.20 Å². The predicted molar refractivity (Wildman–Crippen MR) is 60.2 cm³/mol. The molecule has 4 nitrogen and oxygen atoms in total.